The molecule has 0 spiro atoms. The maximum Gasteiger partial charge on any atom is 0.320 e. The number of nitrogens with zero attached hydrogens (tertiary/aromatic N) is 3. The van der Waals surface area contributed by atoms with E-state index in [9.17, 15) is 39.3 Å². The van der Waals surface area contributed by atoms with Crippen LogP contribution in [0.2, 0.25) is 0 Å². The van der Waals surface area contributed by atoms with Gasteiger partial charge in [-0.1, -0.05) is 0 Å². The van der Waals surface area contributed by atoms with Gasteiger partial charge in [-0.25, -0.2) is 0 Å². The van der Waals surface area contributed by atoms with Crippen molar-refractivity contribution in [1.29, 1.82) is 0 Å². The zero-order chi connectivity index (χ0) is 23.1. The maximum absolute atomic E-state index is 11.8. The van der Waals surface area contributed by atoms with Crippen LogP contribution in [0.25, 0.3) is 0 Å². The minimum absolute atomic E-state index is 0.0123. The van der Waals surface area contributed by atoms with Crippen LogP contribution in [0, 0.1) is 0 Å². The number of hydrogen-bond donors (Lipinski definition) is 5. The second-order valence-corrected chi connectivity index (χ2v) is 7.50. The minimum atomic E-state index is -1.29. The zero-order valence-electron chi connectivity index (χ0n) is 16.6. The highest BCUT2D eigenvalue weighted by Gasteiger charge is 2.42. The Morgan fingerprint density at radius 3 is 1.87 bits per heavy atom. The molecule has 0 aliphatic carbocycles. The maximum atomic E-state index is 11.8. The summed E-state index contributed by atoms with van der Waals surface area (Å²) < 4.78 is 0. The second kappa shape index (κ2) is 10.8. The molecule has 1 aliphatic rings. The lowest BCUT2D eigenvalue weighted by atomic mass is 9.96. The highest BCUT2D eigenvalue weighted by molar-refractivity contribution is 5.75. The van der Waals surface area contributed by atoms with Crippen LogP contribution < -0.4 is 0 Å². The van der Waals surface area contributed by atoms with Gasteiger partial charge in [0.25, 0.3) is 0 Å². The van der Waals surface area contributed by atoms with Crippen LogP contribution in [-0.4, -0.2) is 127 Å². The van der Waals surface area contributed by atoms with Crippen molar-refractivity contribution in [2.45, 2.75) is 31.3 Å². The second-order valence-electron chi connectivity index (χ2n) is 7.50. The Morgan fingerprint density at radius 1 is 0.867 bits per heavy atom. The standard InChI is InChI=1S/C17H27N3O10/c1-17(20(7-14(25)26)8-15(27)28)9-18(6-13(23)24)4-5-19(10-17)11(16(29)30)2-3-12(21)22/h11H,2-10H2,1H3,(H,21,22)(H,23,24)(H,25,26)(H,27,28)(H,29,30)/t11-,17?/m1/s1. The molecule has 1 rings (SSSR count). The summed E-state index contributed by atoms with van der Waals surface area (Å²) in [5.74, 6) is -6.18. The largest absolute Gasteiger partial charge is 0.481 e. The van der Waals surface area contributed by atoms with Gasteiger partial charge in [-0.05, 0) is 13.3 Å². The molecule has 0 saturated carbocycles. The van der Waals surface area contributed by atoms with E-state index < -0.39 is 67.5 Å². The van der Waals surface area contributed by atoms with Crippen LogP contribution in [0.4, 0.5) is 0 Å². The van der Waals surface area contributed by atoms with E-state index in [1.54, 1.807) is 6.92 Å². The Bertz CT molecular complexity index is 669. The third-order valence-electron chi connectivity index (χ3n) is 4.94. The molecule has 1 heterocycles. The van der Waals surface area contributed by atoms with Crippen molar-refractivity contribution in [2.24, 2.45) is 0 Å². The molecule has 1 unspecified atom stereocenters. The summed E-state index contributed by atoms with van der Waals surface area (Å²) >= 11 is 0. The van der Waals surface area contributed by atoms with Gasteiger partial charge in [0.05, 0.1) is 19.6 Å². The van der Waals surface area contributed by atoms with E-state index in [0.717, 1.165) is 4.90 Å². The molecule has 0 aromatic heterocycles. The molecule has 13 heteroatoms. The van der Waals surface area contributed by atoms with Crippen molar-refractivity contribution in [2.75, 3.05) is 45.8 Å². The lowest BCUT2D eigenvalue weighted by Gasteiger charge is -2.43. The summed E-state index contributed by atoms with van der Waals surface area (Å²) in [5.41, 5.74) is -1.22. The van der Waals surface area contributed by atoms with Crippen LogP contribution in [0.1, 0.15) is 19.8 Å². The molecule has 0 aromatic carbocycles. The van der Waals surface area contributed by atoms with Crippen LogP contribution >= 0.6 is 0 Å². The van der Waals surface area contributed by atoms with E-state index in [1.807, 2.05) is 0 Å². The number of hydrogen-bond acceptors (Lipinski definition) is 8. The molecule has 1 fully saturated rings. The molecular weight excluding hydrogens is 406 g/mol. The fourth-order valence-electron chi connectivity index (χ4n) is 3.68. The average Bonchev–Trinajstić information content (AvgIpc) is 2.72. The number of rotatable bonds is 12. The summed E-state index contributed by atoms with van der Waals surface area (Å²) in [6, 6.07) is -1.21. The quantitative estimate of drug-likeness (QED) is 0.232. The Balaban J connectivity index is 3.29. The van der Waals surface area contributed by atoms with Crippen molar-refractivity contribution in [3.8, 4) is 0 Å². The first-order valence-corrected chi connectivity index (χ1v) is 9.15. The molecular formula is C17H27N3O10. The SMILES string of the molecule is CC1(N(CC(=O)O)CC(=O)O)CN(CC(=O)O)CCN([C@H](CCC(=O)O)C(=O)O)C1. The highest BCUT2D eigenvalue weighted by Crippen LogP contribution is 2.24. The molecule has 0 amide bonds. The molecule has 1 aliphatic heterocycles. The lowest BCUT2D eigenvalue weighted by Crippen LogP contribution is -2.61. The first-order chi connectivity index (χ1) is 13.8. The van der Waals surface area contributed by atoms with Gasteiger partial charge in [-0.2, -0.15) is 0 Å². The normalized spacial score (nSPS) is 21.7. The number of carbonyl (C=O) groups is 5. The first-order valence-electron chi connectivity index (χ1n) is 9.15. The molecule has 5 N–H and O–H groups in total. The van der Waals surface area contributed by atoms with Crippen molar-refractivity contribution < 1.29 is 49.5 Å². The van der Waals surface area contributed by atoms with Crippen molar-refractivity contribution in [3.63, 3.8) is 0 Å². The Morgan fingerprint density at radius 2 is 1.43 bits per heavy atom. The van der Waals surface area contributed by atoms with E-state index in [-0.39, 0.29) is 32.6 Å². The van der Waals surface area contributed by atoms with Crippen LogP contribution in [0.5, 0.6) is 0 Å². The molecule has 1 saturated heterocycles. The van der Waals surface area contributed by atoms with Gasteiger partial charge in [-0.15, -0.1) is 0 Å². The topological polar surface area (TPSA) is 196 Å². The van der Waals surface area contributed by atoms with Gasteiger partial charge >= 0.3 is 29.8 Å². The van der Waals surface area contributed by atoms with Crippen molar-refractivity contribution >= 4 is 29.8 Å². The third-order valence-corrected chi connectivity index (χ3v) is 4.94. The van der Waals surface area contributed by atoms with Gasteiger partial charge in [0.2, 0.25) is 0 Å². The van der Waals surface area contributed by atoms with Gasteiger partial charge in [0.1, 0.15) is 6.04 Å². The summed E-state index contributed by atoms with van der Waals surface area (Å²) in [6.45, 7) is -0.0245. The third kappa shape index (κ3) is 7.93. The van der Waals surface area contributed by atoms with Gasteiger partial charge in [-0.3, -0.25) is 38.7 Å². The van der Waals surface area contributed by atoms with Gasteiger partial charge in [0.15, 0.2) is 0 Å². The first kappa shape index (κ1) is 25.3. The lowest BCUT2D eigenvalue weighted by molar-refractivity contribution is -0.149. The summed E-state index contributed by atoms with van der Waals surface area (Å²) in [6.07, 6.45) is -0.617. The Kier molecular flexibility index (Phi) is 9.14. The molecule has 13 nitrogen and oxygen atoms in total. The molecule has 170 valence electrons. The monoisotopic (exact) mass is 433 g/mol. The van der Waals surface area contributed by atoms with Crippen LogP contribution in [0.15, 0.2) is 0 Å². The minimum Gasteiger partial charge on any atom is -0.481 e. The van der Waals surface area contributed by atoms with E-state index in [2.05, 4.69) is 0 Å². The van der Waals surface area contributed by atoms with Crippen molar-refractivity contribution in [1.82, 2.24) is 14.7 Å². The number of aliphatic carboxylic acids is 5. The van der Waals surface area contributed by atoms with Crippen molar-refractivity contribution in [3.05, 3.63) is 0 Å². The fraction of sp³-hybridized carbons (Fsp3) is 0.706. The molecule has 0 aromatic rings. The fourth-order valence-corrected chi connectivity index (χ4v) is 3.68. The molecule has 0 bridgehead atoms. The van der Waals surface area contributed by atoms with E-state index in [0.29, 0.717) is 0 Å². The summed E-state index contributed by atoms with van der Waals surface area (Å²) in [5, 5.41) is 46.1. The van der Waals surface area contributed by atoms with Gasteiger partial charge < -0.3 is 25.5 Å². The highest BCUT2D eigenvalue weighted by atomic mass is 16.4. The average molecular weight is 433 g/mol. The summed E-state index contributed by atoms with van der Waals surface area (Å²) in [4.78, 5) is 60.6. The van der Waals surface area contributed by atoms with E-state index >= 15 is 0 Å². The molecule has 0 radical (unpaired) electrons. The van der Waals surface area contributed by atoms with Gasteiger partial charge in [0, 0.05) is 38.1 Å². The zero-order valence-corrected chi connectivity index (χ0v) is 16.6. The predicted molar refractivity (Wildman–Crippen MR) is 99.2 cm³/mol. The molecule has 30 heavy (non-hydrogen) atoms. The Hall–Kier alpha value is -2.77. The van der Waals surface area contributed by atoms with E-state index in [1.165, 1.54) is 9.80 Å². The summed E-state index contributed by atoms with van der Waals surface area (Å²) in [7, 11) is 0. The number of carboxylic acid groups (broad SMARTS) is 5. The van der Waals surface area contributed by atoms with E-state index in [4.69, 9.17) is 10.2 Å². The van der Waals surface area contributed by atoms with Crippen LogP contribution in [-0.2, 0) is 24.0 Å². The number of carboxylic acids is 5. The Labute approximate surface area is 172 Å². The van der Waals surface area contributed by atoms with Crippen LogP contribution in [0.3, 0.4) is 0 Å². The molecule has 2 atom stereocenters. The smallest absolute Gasteiger partial charge is 0.320 e. The predicted octanol–water partition coefficient (Wildman–Crippen LogP) is -1.76.